The van der Waals surface area contributed by atoms with E-state index in [2.05, 4.69) is 10.6 Å². The Morgan fingerprint density at radius 2 is 2.00 bits per heavy atom. The van der Waals surface area contributed by atoms with Crippen LogP contribution in [0.15, 0.2) is 0 Å². The zero-order valence-corrected chi connectivity index (χ0v) is 10.6. The maximum absolute atomic E-state index is 11.9. The van der Waals surface area contributed by atoms with Gasteiger partial charge in [0.2, 0.25) is 5.91 Å². The Hall–Kier alpha value is -1.67. The first kappa shape index (κ1) is 15.4. The number of ether oxygens (including phenoxy) is 1. The highest BCUT2D eigenvalue weighted by molar-refractivity contribution is 5.86. The molecule has 1 amide bonds. The standard InChI is InChI=1S/C11H18N2O6/c1-12-8-5-19-4-6(8)10(16)13-7(11(17)18)2-3-9(14)15/h6-8,12H,2-5H2,1H3,(H,13,16)(H,14,15)(H,17,18)/t6?,7-,8?/m0/s1. The fourth-order valence-electron chi connectivity index (χ4n) is 1.90. The van der Waals surface area contributed by atoms with Crippen LogP contribution in [0.2, 0.25) is 0 Å². The minimum absolute atomic E-state index is 0.145. The molecule has 0 saturated carbocycles. The zero-order valence-electron chi connectivity index (χ0n) is 10.6. The van der Waals surface area contributed by atoms with Crippen molar-refractivity contribution in [2.45, 2.75) is 24.9 Å². The second kappa shape index (κ2) is 7.05. The molecule has 0 aliphatic carbocycles. The lowest BCUT2D eigenvalue weighted by Gasteiger charge is -2.19. The molecule has 1 fully saturated rings. The van der Waals surface area contributed by atoms with E-state index in [-0.39, 0.29) is 25.5 Å². The van der Waals surface area contributed by atoms with Crippen LogP contribution in [0.4, 0.5) is 0 Å². The average molecular weight is 274 g/mol. The van der Waals surface area contributed by atoms with E-state index < -0.39 is 29.8 Å². The number of rotatable bonds is 7. The number of carboxylic acid groups (broad SMARTS) is 2. The van der Waals surface area contributed by atoms with Crippen LogP contribution in [-0.2, 0) is 19.1 Å². The molecular formula is C11H18N2O6. The summed E-state index contributed by atoms with van der Waals surface area (Å²) in [5, 5.41) is 22.8. The molecule has 8 nitrogen and oxygen atoms in total. The summed E-state index contributed by atoms with van der Waals surface area (Å²) in [7, 11) is 1.69. The van der Waals surface area contributed by atoms with Crippen LogP contribution < -0.4 is 10.6 Å². The second-order valence-electron chi connectivity index (χ2n) is 4.37. The van der Waals surface area contributed by atoms with E-state index in [0.29, 0.717) is 6.61 Å². The molecule has 1 aliphatic heterocycles. The number of carboxylic acids is 2. The molecule has 4 N–H and O–H groups in total. The Balaban J connectivity index is 2.55. The monoisotopic (exact) mass is 274 g/mol. The third-order valence-corrected chi connectivity index (χ3v) is 3.05. The van der Waals surface area contributed by atoms with Gasteiger partial charge >= 0.3 is 11.9 Å². The SMILES string of the molecule is CNC1COCC1C(=O)N[C@@H](CCC(=O)O)C(=O)O. The van der Waals surface area contributed by atoms with Crippen molar-refractivity contribution in [1.82, 2.24) is 10.6 Å². The van der Waals surface area contributed by atoms with Gasteiger partial charge in [-0.2, -0.15) is 0 Å². The maximum atomic E-state index is 11.9. The molecule has 0 aromatic carbocycles. The molecule has 1 heterocycles. The number of nitrogens with one attached hydrogen (secondary N) is 2. The Bertz CT molecular complexity index is 359. The first-order valence-corrected chi connectivity index (χ1v) is 5.95. The van der Waals surface area contributed by atoms with E-state index in [0.717, 1.165) is 0 Å². The van der Waals surface area contributed by atoms with Crippen LogP contribution >= 0.6 is 0 Å². The van der Waals surface area contributed by atoms with Gasteiger partial charge in [0.05, 0.1) is 19.1 Å². The van der Waals surface area contributed by atoms with Gasteiger partial charge in [0.15, 0.2) is 0 Å². The highest BCUT2D eigenvalue weighted by atomic mass is 16.5. The number of hydrogen-bond acceptors (Lipinski definition) is 5. The first-order chi connectivity index (χ1) is 8.95. The number of likely N-dealkylation sites (N-methyl/N-ethyl adjacent to an activating group) is 1. The second-order valence-corrected chi connectivity index (χ2v) is 4.37. The van der Waals surface area contributed by atoms with Gasteiger partial charge in [0.25, 0.3) is 0 Å². The van der Waals surface area contributed by atoms with Gasteiger partial charge < -0.3 is 25.6 Å². The Kier molecular flexibility index (Phi) is 5.71. The Morgan fingerprint density at radius 3 is 2.53 bits per heavy atom. The van der Waals surface area contributed by atoms with Gasteiger partial charge in [-0.15, -0.1) is 0 Å². The van der Waals surface area contributed by atoms with Gasteiger partial charge in [-0.25, -0.2) is 4.79 Å². The molecule has 0 radical (unpaired) electrons. The Labute approximate surface area is 110 Å². The predicted octanol–water partition coefficient (Wildman–Crippen LogP) is -1.34. The summed E-state index contributed by atoms with van der Waals surface area (Å²) in [5.41, 5.74) is 0. The number of hydrogen-bond donors (Lipinski definition) is 4. The molecule has 8 heteroatoms. The van der Waals surface area contributed by atoms with Crippen LogP contribution in [0.3, 0.4) is 0 Å². The minimum Gasteiger partial charge on any atom is -0.481 e. The van der Waals surface area contributed by atoms with Crippen molar-refractivity contribution in [3.63, 3.8) is 0 Å². The van der Waals surface area contributed by atoms with E-state index in [4.69, 9.17) is 14.9 Å². The molecule has 2 unspecified atom stereocenters. The van der Waals surface area contributed by atoms with Crippen molar-refractivity contribution in [2.75, 3.05) is 20.3 Å². The quantitative estimate of drug-likeness (QED) is 0.452. The molecule has 1 aliphatic rings. The summed E-state index contributed by atoms with van der Waals surface area (Å²) in [6.45, 7) is 0.615. The minimum atomic E-state index is -1.24. The third-order valence-electron chi connectivity index (χ3n) is 3.05. The summed E-state index contributed by atoms with van der Waals surface area (Å²) in [4.78, 5) is 33.3. The van der Waals surface area contributed by atoms with Crippen LogP contribution in [0.25, 0.3) is 0 Å². The normalized spacial score (nSPS) is 23.8. The fourth-order valence-corrected chi connectivity index (χ4v) is 1.90. The van der Waals surface area contributed by atoms with E-state index in [1.54, 1.807) is 7.05 Å². The fraction of sp³-hybridized carbons (Fsp3) is 0.727. The topological polar surface area (TPSA) is 125 Å². The number of carbonyl (C=O) groups excluding carboxylic acids is 1. The third kappa shape index (κ3) is 4.49. The van der Waals surface area contributed by atoms with E-state index in [9.17, 15) is 14.4 Å². The molecular weight excluding hydrogens is 256 g/mol. The van der Waals surface area contributed by atoms with Crippen LogP contribution in [-0.4, -0.2) is 60.4 Å². The Morgan fingerprint density at radius 1 is 1.32 bits per heavy atom. The summed E-state index contributed by atoms with van der Waals surface area (Å²) < 4.78 is 5.16. The summed E-state index contributed by atoms with van der Waals surface area (Å²) in [6, 6.07) is -1.35. The molecule has 0 spiro atoms. The van der Waals surface area contributed by atoms with Crippen LogP contribution in [0.1, 0.15) is 12.8 Å². The van der Waals surface area contributed by atoms with Crippen molar-refractivity contribution in [3.05, 3.63) is 0 Å². The van der Waals surface area contributed by atoms with Crippen LogP contribution in [0.5, 0.6) is 0 Å². The van der Waals surface area contributed by atoms with Gasteiger partial charge in [0.1, 0.15) is 6.04 Å². The van der Waals surface area contributed by atoms with Gasteiger partial charge in [-0.05, 0) is 13.5 Å². The van der Waals surface area contributed by atoms with Crippen molar-refractivity contribution in [2.24, 2.45) is 5.92 Å². The van der Waals surface area contributed by atoms with Crippen LogP contribution in [0, 0.1) is 5.92 Å². The molecule has 108 valence electrons. The zero-order chi connectivity index (χ0) is 14.4. The lowest BCUT2D eigenvalue weighted by atomic mass is 10.0. The summed E-state index contributed by atoms with van der Waals surface area (Å²) in [5.74, 6) is -3.24. The smallest absolute Gasteiger partial charge is 0.326 e. The van der Waals surface area contributed by atoms with E-state index >= 15 is 0 Å². The van der Waals surface area contributed by atoms with E-state index in [1.807, 2.05) is 0 Å². The number of carbonyl (C=O) groups is 3. The molecule has 3 atom stereocenters. The van der Waals surface area contributed by atoms with Crippen molar-refractivity contribution in [3.8, 4) is 0 Å². The summed E-state index contributed by atoms with van der Waals surface area (Å²) >= 11 is 0. The maximum Gasteiger partial charge on any atom is 0.326 e. The molecule has 0 aromatic rings. The molecule has 1 saturated heterocycles. The molecule has 0 bridgehead atoms. The van der Waals surface area contributed by atoms with Crippen molar-refractivity contribution < 1.29 is 29.3 Å². The van der Waals surface area contributed by atoms with Gasteiger partial charge in [-0.1, -0.05) is 0 Å². The van der Waals surface area contributed by atoms with E-state index in [1.165, 1.54) is 0 Å². The lowest BCUT2D eigenvalue weighted by molar-refractivity contribution is -0.143. The molecule has 19 heavy (non-hydrogen) atoms. The number of aliphatic carboxylic acids is 2. The average Bonchev–Trinajstić information content (AvgIpc) is 2.81. The van der Waals surface area contributed by atoms with Gasteiger partial charge in [0, 0.05) is 12.5 Å². The van der Waals surface area contributed by atoms with Crippen molar-refractivity contribution >= 4 is 17.8 Å². The lowest BCUT2D eigenvalue weighted by Crippen LogP contribution is -2.48. The predicted molar refractivity (Wildman–Crippen MR) is 63.6 cm³/mol. The highest BCUT2D eigenvalue weighted by Crippen LogP contribution is 2.14. The number of amides is 1. The van der Waals surface area contributed by atoms with Crippen molar-refractivity contribution in [1.29, 1.82) is 0 Å². The van der Waals surface area contributed by atoms with Gasteiger partial charge in [-0.3, -0.25) is 9.59 Å². The summed E-state index contributed by atoms with van der Waals surface area (Å²) in [6.07, 6.45) is -0.456. The highest BCUT2D eigenvalue weighted by Gasteiger charge is 2.34. The largest absolute Gasteiger partial charge is 0.481 e. The molecule has 1 rings (SSSR count). The molecule has 0 aromatic heterocycles. The first-order valence-electron chi connectivity index (χ1n) is 5.95.